The summed E-state index contributed by atoms with van der Waals surface area (Å²) in [5.41, 5.74) is 0.667. The van der Waals surface area contributed by atoms with E-state index in [1.165, 1.54) is 12.1 Å². The van der Waals surface area contributed by atoms with Crippen LogP contribution in [0.4, 0.5) is 23.4 Å². The summed E-state index contributed by atoms with van der Waals surface area (Å²) in [4.78, 5) is 17.9. The van der Waals surface area contributed by atoms with Crippen LogP contribution in [0.2, 0.25) is 0 Å². The quantitative estimate of drug-likeness (QED) is 0.782. The van der Waals surface area contributed by atoms with E-state index < -0.39 is 11.7 Å². The highest BCUT2D eigenvalue weighted by molar-refractivity contribution is 5.76. The second-order valence-electron chi connectivity index (χ2n) is 6.99. The molecule has 1 fully saturated rings. The zero-order valence-electron chi connectivity index (χ0n) is 15.4. The molecule has 150 valence electrons. The maximum atomic E-state index is 13.3. The third-order valence-corrected chi connectivity index (χ3v) is 4.82. The van der Waals surface area contributed by atoms with E-state index in [1.807, 2.05) is 4.90 Å². The number of nitrogens with zero attached hydrogens (tertiary/aromatic N) is 2. The molecule has 1 saturated heterocycles. The second-order valence-corrected chi connectivity index (χ2v) is 6.99. The third-order valence-electron chi connectivity index (χ3n) is 4.82. The van der Waals surface area contributed by atoms with Crippen molar-refractivity contribution in [1.82, 2.24) is 10.3 Å². The SMILES string of the molecule is Cc1cc(CCC(=O)NC2CCN(c3ccc(C(F)(F)F)cn3)C2)ccc1F. The lowest BCUT2D eigenvalue weighted by Gasteiger charge is -2.18. The van der Waals surface area contributed by atoms with Gasteiger partial charge in [0.2, 0.25) is 5.91 Å². The summed E-state index contributed by atoms with van der Waals surface area (Å²) in [7, 11) is 0. The van der Waals surface area contributed by atoms with Gasteiger partial charge in [0, 0.05) is 31.7 Å². The van der Waals surface area contributed by atoms with Crippen LogP contribution in [0.1, 0.15) is 29.5 Å². The van der Waals surface area contributed by atoms with Gasteiger partial charge in [-0.2, -0.15) is 13.2 Å². The molecule has 1 atom stereocenters. The molecular weight excluding hydrogens is 374 g/mol. The number of hydrogen-bond acceptors (Lipinski definition) is 3. The van der Waals surface area contributed by atoms with Gasteiger partial charge in [0.05, 0.1) is 5.56 Å². The first-order valence-electron chi connectivity index (χ1n) is 9.05. The van der Waals surface area contributed by atoms with Gasteiger partial charge in [-0.1, -0.05) is 12.1 Å². The summed E-state index contributed by atoms with van der Waals surface area (Å²) in [6.45, 7) is 2.79. The van der Waals surface area contributed by atoms with Crippen LogP contribution in [-0.4, -0.2) is 30.0 Å². The highest BCUT2D eigenvalue weighted by Gasteiger charge is 2.31. The molecule has 0 bridgehead atoms. The fourth-order valence-corrected chi connectivity index (χ4v) is 3.25. The number of carbonyl (C=O) groups is 1. The van der Waals surface area contributed by atoms with E-state index in [-0.39, 0.29) is 17.8 Å². The molecule has 4 nitrogen and oxygen atoms in total. The highest BCUT2D eigenvalue weighted by atomic mass is 19.4. The van der Waals surface area contributed by atoms with Crippen LogP contribution in [-0.2, 0) is 17.4 Å². The average molecular weight is 395 g/mol. The zero-order valence-corrected chi connectivity index (χ0v) is 15.4. The van der Waals surface area contributed by atoms with Crippen LogP contribution < -0.4 is 10.2 Å². The van der Waals surface area contributed by atoms with E-state index in [2.05, 4.69) is 10.3 Å². The lowest BCUT2D eigenvalue weighted by Crippen LogP contribution is -2.37. The number of alkyl halides is 3. The van der Waals surface area contributed by atoms with Gasteiger partial charge in [-0.15, -0.1) is 0 Å². The van der Waals surface area contributed by atoms with Gasteiger partial charge in [-0.05, 0) is 49.1 Å². The van der Waals surface area contributed by atoms with E-state index in [9.17, 15) is 22.4 Å². The Morgan fingerprint density at radius 1 is 1.29 bits per heavy atom. The molecule has 1 unspecified atom stereocenters. The molecule has 1 aromatic heterocycles. The van der Waals surface area contributed by atoms with Crippen molar-refractivity contribution in [3.8, 4) is 0 Å². The number of carbonyl (C=O) groups excluding carboxylic acids is 1. The summed E-state index contributed by atoms with van der Waals surface area (Å²) in [6, 6.07) is 7.09. The van der Waals surface area contributed by atoms with Crippen LogP contribution >= 0.6 is 0 Å². The molecule has 3 rings (SSSR count). The molecule has 1 aliphatic rings. The lowest BCUT2D eigenvalue weighted by atomic mass is 10.1. The zero-order chi connectivity index (χ0) is 20.3. The number of halogens is 4. The largest absolute Gasteiger partial charge is 0.417 e. The van der Waals surface area contributed by atoms with Gasteiger partial charge < -0.3 is 10.2 Å². The van der Waals surface area contributed by atoms with Crippen LogP contribution in [0.25, 0.3) is 0 Å². The number of aryl methyl sites for hydroxylation is 2. The number of rotatable bonds is 5. The Labute approximate surface area is 160 Å². The molecule has 1 aliphatic heterocycles. The topological polar surface area (TPSA) is 45.2 Å². The number of amides is 1. The van der Waals surface area contributed by atoms with Crippen molar-refractivity contribution < 1.29 is 22.4 Å². The standard InChI is InChI=1S/C20H21F4N3O/c1-13-10-14(2-5-17(13)21)3-7-19(28)26-16-8-9-27(12-16)18-6-4-15(11-25-18)20(22,23)24/h2,4-6,10-11,16H,3,7-9,12H2,1H3,(H,26,28). The minimum absolute atomic E-state index is 0.0773. The molecule has 2 heterocycles. The normalized spacial score (nSPS) is 17.0. The molecule has 1 amide bonds. The third kappa shape index (κ3) is 4.99. The number of pyridine rings is 1. The van der Waals surface area contributed by atoms with E-state index >= 15 is 0 Å². The van der Waals surface area contributed by atoms with Crippen molar-refractivity contribution in [2.24, 2.45) is 0 Å². The molecule has 2 aromatic rings. The first-order valence-corrected chi connectivity index (χ1v) is 9.05. The Morgan fingerprint density at radius 2 is 2.07 bits per heavy atom. The van der Waals surface area contributed by atoms with Crippen molar-refractivity contribution in [3.63, 3.8) is 0 Å². The van der Waals surface area contributed by atoms with Gasteiger partial charge in [0.15, 0.2) is 0 Å². The molecule has 1 N–H and O–H groups in total. The predicted octanol–water partition coefficient (Wildman–Crippen LogP) is 3.88. The van der Waals surface area contributed by atoms with Crippen LogP contribution in [0.3, 0.4) is 0 Å². The average Bonchev–Trinajstić information content (AvgIpc) is 3.10. The van der Waals surface area contributed by atoms with Crippen molar-refractivity contribution in [1.29, 1.82) is 0 Å². The van der Waals surface area contributed by atoms with Gasteiger partial charge in [0.25, 0.3) is 0 Å². The Bertz CT molecular complexity index is 836. The lowest BCUT2D eigenvalue weighted by molar-refractivity contribution is -0.137. The fraction of sp³-hybridized carbons (Fsp3) is 0.400. The number of anilines is 1. The fourth-order valence-electron chi connectivity index (χ4n) is 3.25. The van der Waals surface area contributed by atoms with Crippen LogP contribution in [0.15, 0.2) is 36.5 Å². The number of nitrogens with one attached hydrogen (secondary N) is 1. The Balaban J connectivity index is 1.48. The predicted molar refractivity (Wildman–Crippen MR) is 97.5 cm³/mol. The summed E-state index contributed by atoms with van der Waals surface area (Å²) in [5.74, 6) is 0.0943. The Morgan fingerprint density at radius 3 is 2.71 bits per heavy atom. The van der Waals surface area contributed by atoms with Crippen molar-refractivity contribution >= 4 is 11.7 Å². The maximum absolute atomic E-state index is 13.3. The Kier molecular flexibility index (Phi) is 5.86. The van der Waals surface area contributed by atoms with Crippen molar-refractivity contribution in [3.05, 3.63) is 59.0 Å². The molecule has 0 saturated carbocycles. The first-order chi connectivity index (χ1) is 13.2. The number of hydrogen-bond donors (Lipinski definition) is 1. The van der Waals surface area contributed by atoms with Crippen LogP contribution in [0, 0.1) is 12.7 Å². The molecule has 28 heavy (non-hydrogen) atoms. The molecule has 0 spiro atoms. The minimum atomic E-state index is -4.41. The van der Waals surface area contributed by atoms with Gasteiger partial charge >= 0.3 is 6.18 Å². The van der Waals surface area contributed by atoms with Crippen LogP contribution in [0.5, 0.6) is 0 Å². The molecule has 0 aliphatic carbocycles. The maximum Gasteiger partial charge on any atom is 0.417 e. The van der Waals surface area contributed by atoms with Gasteiger partial charge in [0.1, 0.15) is 11.6 Å². The van der Waals surface area contributed by atoms with Gasteiger partial charge in [-0.3, -0.25) is 4.79 Å². The molecule has 1 aromatic carbocycles. The second kappa shape index (κ2) is 8.16. The van der Waals surface area contributed by atoms with Crippen molar-refractivity contribution in [2.75, 3.05) is 18.0 Å². The summed E-state index contributed by atoms with van der Waals surface area (Å²) >= 11 is 0. The summed E-state index contributed by atoms with van der Waals surface area (Å²) in [5, 5.41) is 2.95. The molecular formula is C20H21F4N3O. The summed E-state index contributed by atoms with van der Waals surface area (Å²) < 4.78 is 51.1. The van der Waals surface area contributed by atoms with E-state index in [0.29, 0.717) is 43.7 Å². The minimum Gasteiger partial charge on any atom is -0.354 e. The van der Waals surface area contributed by atoms with E-state index in [0.717, 1.165) is 17.8 Å². The van der Waals surface area contributed by atoms with E-state index in [4.69, 9.17) is 0 Å². The smallest absolute Gasteiger partial charge is 0.354 e. The first kappa shape index (κ1) is 20.1. The highest BCUT2D eigenvalue weighted by Crippen LogP contribution is 2.29. The van der Waals surface area contributed by atoms with Gasteiger partial charge in [-0.25, -0.2) is 9.37 Å². The number of benzene rings is 1. The Hall–Kier alpha value is -2.64. The molecule has 0 radical (unpaired) electrons. The van der Waals surface area contributed by atoms with Crippen molar-refractivity contribution in [2.45, 2.75) is 38.4 Å². The summed E-state index contributed by atoms with van der Waals surface area (Å²) in [6.07, 6.45) is -2.07. The molecule has 8 heteroatoms. The number of aromatic nitrogens is 1. The monoisotopic (exact) mass is 395 g/mol. The van der Waals surface area contributed by atoms with E-state index in [1.54, 1.807) is 19.1 Å².